The van der Waals surface area contributed by atoms with Crippen LogP contribution in [0.4, 0.5) is 5.95 Å². The summed E-state index contributed by atoms with van der Waals surface area (Å²) in [4.78, 5) is 4.25. The SMILES string of the molecule is COCCNc1nccn1-c1cc(C)n(C)n1. The van der Waals surface area contributed by atoms with E-state index in [1.165, 1.54) is 0 Å². The minimum absolute atomic E-state index is 0.647. The molecule has 1 N–H and O–H groups in total. The Balaban J connectivity index is 2.18. The van der Waals surface area contributed by atoms with Gasteiger partial charge in [-0.3, -0.25) is 9.25 Å². The standard InChI is InChI=1S/C11H17N5O/c1-9-8-10(14-15(9)2)16-6-4-12-11(16)13-5-7-17-3/h4,6,8H,5,7H2,1-3H3,(H,12,13). The largest absolute Gasteiger partial charge is 0.383 e. The van der Waals surface area contributed by atoms with Crippen molar-refractivity contribution in [1.82, 2.24) is 19.3 Å². The molecule has 2 rings (SSSR count). The van der Waals surface area contributed by atoms with E-state index in [9.17, 15) is 0 Å². The molecule has 0 fully saturated rings. The number of nitrogens with zero attached hydrogens (tertiary/aromatic N) is 4. The maximum atomic E-state index is 4.99. The van der Waals surface area contributed by atoms with Crippen LogP contribution >= 0.6 is 0 Å². The Kier molecular flexibility index (Phi) is 3.43. The molecule has 2 aromatic heterocycles. The molecule has 0 unspecified atom stereocenters. The summed E-state index contributed by atoms with van der Waals surface area (Å²) in [5.41, 5.74) is 1.11. The van der Waals surface area contributed by atoms with Crippen molar-refractivity contribution in [2.75, 3.05) is 25.6 Å². The highest BCUT2D eigenvalue weighted by atomic mass is 16.5. The molecule has 0 aromatic carbocycles. The monoisotopic (exact) mass is 235 g/mol. The van der Waals surface area contributed by atoms with Crippen LogP contribution < -0.4 is 5.32 Å². The van der Waals surface area contributed by atoms with Crippen LogP contribution in [0.2, 0.25) is 0 Å². The Morgan fingerprint density at radius 3 is 2.94 bits per heavy atom. The molecule has 0 bridgehead atoms. The number of hydrogen-bond acceptors (Lipinski definition) is 4. The molecule has 0 aliphatic rings. The normalized spacial score (nSPS) is 10.8. The minimum Gasteiger partial charge on any atom is -0.383 e. The first kappa shape index (κ1) is 11.7. The lowest BCUT2D eigenvalue weighted by molar-refractivity contribution is 0.210. The second kappa shape index (κ2) is 5.01. The van der Waals surface area contributed by atoms with Gasteiger partial charge in [0.15, 0.2) is 5.82 Å². The van der Waals surface area contributed by atoms with Crippen molar-refractivity contribution in [3.05, 3.63) is 24.2 Å². The van der Waals surface area contributed by atoms with E-state index >= 15 is 0 Å². The van der Waals surface area contributed by atoms with E-state index in [4.69, 9.17) is 4.74 Å². The third-order valence-electron chi connectivity index (χ3n) is 2.58. The zero-order valence-corrected chi connectivity index (χ0v) is 10.3. The van der Waals surface area contributed by atoms with Gasteiger partial charge in [0, 0.05) is 44.9 Å². The number of nitrogens with one attached hydrogen (secondary N) is 1. The molecular weight excluding hydrogens is 218 g/mol. The van der Waals surface area contributed by atoms with Crippen LogP contribution in [0.5, 0.6) is 0 Å². The van der Waals surface area contributed by atoms with Gasteiger partial charge >= 0.3 is 0 Å². The van der Waals surface area contributed by atoms with E-state index in [0.717, 1.165) is 24.0 Å². The lowest BCUT2D eigenvalue weighted by Gasteiger charge is -2.06. The van der Waals surface area contributed by atoms with Gasteiger partial charge in [-0.15, -0.1) is 0 Å². The lowest BCUT2D eigenvalue weighted by atomic mass is 10.4. The molecule has 0 aliphatic carbocycles. The molecule has 17 heavy (non-hydrogen) atoms. The molecule has 92 valence electrons. The Labute approximate surface area is 100 Å². The van der Waals surface area contributed by atoms with E-state index in [2.05, 4.69) is 15.4 Å². The minimum atomic E-state index is 0.647. The van der Waals surface area contributed by atoms with Crippen LogP contribution in [-0.4, -0.2) is 39.6 Å². The van der Waals surface area contributed by atoms with Crippen molar-refractivity contribution in [3.63, 3.8) is 0 Å². The number of rotatable bonds is 5. The van der Waals surface area contributed by atoms with E-state index in [1.807, 2.05) is 35.5 Å². The van der Waals surface area contributed by atoms with Crippen molar-refractivity contribution < 1.29 is 4.74 Å². The maximum absolute atomic E-state index is 4.99. The van der Waals surface area contributed by atoms with Gasteiger partial charge in [-0.05, 0) is 6.92 Å². The Morgan fingerprint density at radius 1 is 1.47 bits per heavy atom. The number of aromatic nitrogens is 4. The van der Waals surface area contributed by atoms with Gasteiger partial charge in [0.1, 0.15) is 0 Å². The summed E-state index contributed by atoms with van der Waals surface area (Å²) in [6, 6.07) is 2.02. The van der Waals surface area contributed by atoms with E-state index in [0.29, 0.717) is 6.61 Å². The third kappa shape index (κ3) is 2.47. The van der Waals surface area contributed by atoms with Crippen LogP contribution in [0.15, 0.2) is 18.5 Å². The predicted octanol–water partition coefficient (Wildman–Crippen LogP) is 0.973. The number of ether oxygens (including phenoxy) is 1. The van der Waals surface area contributed by atoms with Crippen LogP contribution in [0.3, 0.4) is 0 Å². The van der Waals surface area contributed by atoms with Gasteiger partial charge in [0.05, 0.1) is 6.61 Å². The van der Waals surface area contributed by atoms with Gasteiger partial charge in [0.25, 0.3) is 0 Å². The molecule has 0 atom stereocenters. The summed E-state index contributed by atoms with van der Waals surface area (Å²) in [6.07, 6.45) is 3.63. The Morgan fingerprint density at radius 2 is 2.29 bits per heavy atom. The summed E-state index contributed by atoms with van der Waals surface area (Å²) in [6.45, 7) is 3.39. The molecule has 6 heteroatoms. The van der Waals surface area contributed by atoms with Crippen LogP contribution in [0.1, 0.15) is 5.69 Å². The average molecular weight is 235 g/mol. The molecule has 0 aliphatic heterocycles. The van der Waals surface area contributed by atoms with E-state index in [-0.39, 0.29) is 0 Å². The van der Waals surface area contributed by atoms with E-state index in [1.54, 1.807) is 13.3 Å². The van der Waals surface area contributed by atoms with Gasteiger partial charge in [-0.2, -0.15) is 5.10 Å². The van der Waals surface area contributed by atoms with Gasteiger partial charge < -0.3 is 10.1 Å². The lowest BCUT2D eigenvalue weighted by Crippen LogP contribution is -2.11. The number of hydrogen-bond donors (Lipinski definition) is 1. The molecule has 0 spiro atoms. The zero-order valence-electron chi connectivity index (χ0n) is 10.3. The second-order valence-corrected chi connectivity index (χ2v) is 3.81. The fourth-order valence-corrected chi connectivity index (χ4v) is 1.54. The molecule has 0 radical (unpaired) electrons. The molecule has 0 saturated heterocycles. The molecule has 2 aromatic rings. The number of imidazole rings is 1. The fraction of sp³-hybridized carbons (Fsp3) is 0.455. The Hall–Kier alpha value is -1.82. The van der Waals surface area contributed by atoms with Crippen molar-refractivity contribution in [1.29, 1.82) is 0 Å². The van der Waals surface area contributed by atoms with Gasteiger partial charge in [-0.1, -0.05) is 0 Å². The molecule has 2 heterocycles. The highest BCUT2D eigenvalue weighted by Crippen LogP contribution is 2.13. The predicted molar refractivity (Wildman–Crippen MR) is 65.4 cm³/mol. The summed E-state index contributed by atoms with van der Waals surface area (Å²) >= 11 is 0. The highest BCUT2D eigenvalue weighted by Gasteiger charge is 2.08. The second-order valence-electron chi connectivity index (χ2n) is 3.81. The number of methoxy groups -OCH3 is 1. The smallest absolute Gasteiger partial charge is 0.208 e. The summed E-state index contributed by atoms with van der Waals surface area (Å²) < 4.78 is 8.75. The van der Waals surface area contributed by atoms with Crippen LogP contribution in [0.25, 0.3) is 5.82 Å². The average Bonchev–Trinajstić information content (AvgIpc) is 2.87. The first-order chi connectivity index (χ1) is 8.22. The number of aryl methyl sites for hydroxylation is 2. The van der Waals surface area contributed by atoms with Crippen LogP contribution in [0, 0.1) is 6.92 Å². The topological polar surface area (TPSA) is 56.9 Å². The number of anilines is 1. The first-order valence-corrected chi connectivity index (χ1v) is 5.49. The van der Waals surface area contributed by atoms with E-state index < -0.39 is 0 Å². The highest BCUT2D eigenvalue weighted by molar-refractivity contribution is 5.37. The summed E-state index contributed by atoms with van der Waals surface area (Å²) in [7, 11) is 3.60. The molecular formula is C11H17N5O. The molecule has 6 nitrogen and oxygen atoms in total. The van der Waals surface area contributed by atoms with Crippen molar-refractivity contribution in [2.45, 2.75) is 6.92 Å². The van der Waals surface area contributed by atoms with Gasteiger partial charge in [-0.25, -0.2) is 4.98 Å². The quantitative estimate of drug-likeness (QED) is 0.785. The summed E-state index contributed by atoms with van der Waals surface area (Å²) in [5.74, 6) is 1.64. The van der Waals surface area contributed by atoms with Crippen molar-refractivity contribution in [2.24, 2.45) is 7.05 Å². The first-order valence-electron chi connectivity index (χ1n) is 5.49. The third-order valence-corrected chi connectivity index (χ3v) is 2.58. The molecule has 0 amide bonds. The fourth-order valence-electron chi connectivity index (χ4n) is 1.54. The van der Waals surface area contributed by atoms with Crippen molar-refractivity contribution >= 4 is 5.95 Å². The van der Waals surface area contributed by atoms with Gasteiger partial charge in [0.2, 0.25) is 5.95 Å². The molecule has 0 saturated carbocycles. The zero-order chi connectivity index (χ0) is 12.3. The van der Waals surface area contributed by atoms with Crippen molar-refractivity contribution in [3.8, 4) is 5.82 Å². The van der Waals surface area contributed by atoms with Crippen LogP contribution in [-0.2, 0) is 11.8 Å². The summed E-state index contributed by atoms with van der Waals surface area (Å²) in [5, 5.41) is 7.61. The maximum Gasteiger partial charge on any atom is 0.208 e. The Bertz CT molecular complexity index is 468.